The van der Waals surface area contributed by atoms with Crippen LogP contribution in [0.1, 0.15) is 59.0 Å². The Morgan fingerprint density at radius 3 is 1.61 bits per heavy atom. The fourth-order valence-electron chi connectivity index (χ4n) is 5.53. The van der Waals surface area contributed by atoms with Gasteiger partial charge >= 0.3 is 0 Å². The van der Waals surface area contributed by atoms with Crippen LogP contribution in [0.5, 0.6) is 11.8 Å². The van der Waals surface area contributed by atoms with E-state index in [-0.39, 0.29) is 69.5 Å². The van der Waals surface area contributed by atoms with E-state index in [2.05, 4.69) is 25.2 Å². The molecule has 0 bridgehead atoms. The number of aromatic hydroxyl groups is 2. The van der Waals surface area contributed by atoms with E-state index in [1.54, 1.807) is 20.8 Å². The number of amides is 2. The number of hydrogen-bond acceptors (Lipinski definition) is 14. The molecule has 2 amide bonds. The van der Waals surface area contributed by atoms with Gasteiger partial charge in [-0.15, -0.1) is 10.2 Å². The summed E-state index contributed by atoms with van der Waals surface area (Å²) < 4.78 is 56.6. The van der Waals surface area contributed by atoms with E-state index in [1.807, 2.05) is 0 Å². The van der Waals surface area contributed by atoms with Gasteiger partial charge in [0.15, 0.2) is 10.7 Å². The first-order valence-corrected chi connectivity index (χ1v) is 18.9. The molecule has 0 atom stereocenters. The van der Waals surface area contributed by atoms with E-state index >= 15 is 0 Å². The van der Waals surface area contributed by atoms with Gasteiger partial charge in [0.2, 0.25) is 21.8 Å². The molecule has 54 heavy (non-hydrogen) atoms. The van der Waals surface area contributed by atoms with Crippen molar-refractivity contribution in [1.29, 1.82) is 0 Å². The fraction of sp³-hybridized carbons (Fsp3) is 0.273. The number of nitrogens with one attached hydrogen (secondary N) is 1. The number of thiol groups is 1. The first kappa shape index (κ1) is 40.7. The van der Waals surface area contributed by atoms with Gasteiger partial charge in [-0.05, 0) is 58.4 Å². The van der Waals surface area contributed by atoms with Crippen molar-refractivity contribution >= 4 is 55.3 Å². The molecular formula is C33H37N9O10S2. The summed E-state index contributed by atoms with van der Waals surface area (Å²) in [6, 6.07) is 7.47. The van der Waals surface area contributed by atoms with E-state index in [0.717, 1.165) is 21.3 Å². The van der Waals surface area contributed by atoms with Gasteiger partial charge in [-0.2, -0.15) is 10.2 Å². The monoisotopic (exact) mass is 783 g/mol. The second-order valence-electron chi connectivity index (χ2n) is 11.6. The minimum absolute atomic E-state index is 0.0339. The maximum absolute atomic E-state index is 13.6. The zero-order valence-electron chi connectivity index (χ0n) is 29.6. The summed E-state index contributed by atoms with van der Waals surface area (Å²) in [7, 11) is -7.72. The predicted molar refractivity (Wildman–Crippen MR) is 197 cm³/mol. The van der Waals surface area contributed by atoms with Crippen LogP contribution in [0.15, 0.2) is 76.2 Å². The van der Waals surface area contributed by atoms with Gasteiger partial charge in [0.1, 0.15) is 22.5 Å². The van der Waals surface area contributed by atoms with E-state index in [4.69, 9.17) is 11.5 Å². The zero-order valence-corrected chi connectivity index (χ0v) is 31.4. The predicted octanol–water partition coefficient (Wildman–Crippen LogP) is 3.43. The van der Waals surface area contributed by atoms with Gasteiger partial charge in [-0.1, -0.05) is 19.1 Å². The molecule has 4 aromatic rings. The number of primary amides is 2. The van der Waals surface area contributed by atoms with Gasteiger partial charge in [-0.25, -0.2) is 21.6 Å². The molecule has 19 nitrogen and oxygen atoms in total. The van der Waals surface area contributed by atoms with Crippen molar-refractivity contribution in [3.63, 3.8) is 0 Å². The normalized spacial score (nSPS) is 12.0. The molecule has 0 aliphatic heterocycles. The second-order valence-corrected chi connectivity index (χ2v) is 14.3. The van der Waals surface area contributed by atoms with Gasteiger partial charge < -0.3 is 21.7 Å². The van der Waals surface area contributed by atoms with Crippen molar-refractivity contribution in [1.82, 2.24) is 13.9 Å². The molecule has 21 heteroatoms. The number of nitrogens with zero attached hydrogens (tertiary/aromatic N) is 6. The molecule has 7 N–H and O–H groups in total. The summed E-state index contributed by atoms with van der Waals surface area (Å²) in [5.41, 5.74) is 7.45. The topological polar surface area (TPSA) is 300 Å². The number of benzene rings is 2. The van der Waals surface area contributed by atoms with Crippen LogP contribution < -0.4 is 27.3 Å². The Morgan fingerprint density at radius 1 is 0.759 bits per heavy atom. The number of nitrogens with two attached hydrogens (primary N) is 2. The molecule has 0 saturated heterocycles. The van der Waals surface area contributed by atoms with Crippen molar-refractivity contribution < 1.29 is 36.6 Å². The molecule has 2 aromatic carbocycles. The number of pyridine rings is 2. The number of hydrogen-bond donors (Lipinski definition) is 6. The molecule has 4 rings (SSSR count). The number of carbonyl (C=O) groups is 2. The Morgan fingerprint density at radius 2 is 1.20 bits per heavy atom. The van der Waals surface area contributed by atoms with Gasteiger partial charge in [0, 0.05) is 41.9 Å². The van der Waals surface area contributed by atoms with Crippen molar-refractivity contribution in [2.45, 2.75) is 63.9 Å². The van der Waals surface area contributed by atoms with E-state index in [9.17, 15) is 46.2 Å². The first-order chi connectivity index (χ1) is 25.4. The van der Waals surface area contributed by atoms with Gasteiger partial charge in [0.05, 0.1) is 21.2 Å². The van der Waals surface area contributed by atoms with Crippen LogP contribution in [-0.4, -0.2) is 54.5 Å². The summed E-state index contributed by atoms with van der Waals surface area (Å²) in [5, 5.41) is 37.5. The Kier molecular flexibility index (Phi) is 12.3. The van der Waals surface area contributed by atoms with E-state index in [0.29, 0.717) is 6.42 Å². The van der Waals surface area contributed by atoms with Gasteiger partial charge in [-0.3, -0.25) is 28.3 Å². The molecule has 0 aliphatic rings. The summed E-state index contributed by atoms with van der Waals surface area (Å²) >= 11 is 0. The molecule has 2 aromatic heterocycles. The standard InChI is InChI=1S/C33H37N9O10S2/c1-6-13-36-54(51,52)23-15-19(38-40-27-17(5)25(29(35)44)31(46)42(8-3)33(27)48)10-12-21(23)20-11-9-18(14-22(20)53(49)50)37-39-26-16(4)24(28(34)43)30(45)41(7-2)32(26)47/h9-12,14-15,36,47-48,53H,6-8,13H2,1-5H3,(H2,34,43)(H2,35,44). The highest BCUT2D eigenvalue weighted by atomic mass is 32.2. The molecular weight excluding hydrogens is 747 g/mol. The number of aromatic nitrogens is 2. The quantitative estimate of drug-likeness (QED) is 0.0799. The molecule has 2 heterocycles. The molecule has 0 fully saturated rings. The van der Waals surface area contributed by atoms with Crippen LogP contribution in [0.25, 0.3) is 11.1 Å². The number of carbonyl (C=O) groups excluding carboxylic acids is 2. The molecule has 0 radical (unpaired) electrons. The molecule has 0 unspecified atom stereocenters. The van der Waals surface area contributed by atoms with Crippen LogP contribution in [0.4, 0.5) is 22.7 Å². The van der Waals surface area contributed by atoms with Crippen LogP contribution in [0.2, 0.25) is 0 Å². The Bertz CT molecular complexity index is 2570. The molecule has 0 saturated carbocycles. The third-order valence-electron chi connectivity index (χ3n) is 8.23. The highest BCUT2D eigenvalue weighted by molar-refractivity contribution is 7.89. The summed E-state index contributed by atoms with van der Waals surface area (Å²) in [6.07, 6.45) is 0.422. The Hall–Kier alpha value is -6.06. The lowest BCUT2D eigenvalue weighted by Gasteiger charge is -2.14. The minimum atomic E-state index is -4.33. The first-order valence-electron chi connectivity index (χ1n) is 16.2. The fourth-order valence-corrected chi connectivity index (χ4v) is 7.53. The van der Waals surface area contributed by atoms with Crippen LogP contribution in [0, 0.1) is 13.8 Å². The average molecular weight is 784 g/mol. The second kappa shape index (κ2) is 16.3. The largest absolute Gasteiger partial charge is 0.493 e. The van der Waals surface area contributed by atoms with Crippen molar-refractivity contribution in [2.24, 2.45) is 31.9 Å². The van der Waals surface area contributed by atoms with Crippen molar-refractivity contribution in [3.8, 4) is 22.9 Å². The lowest BCUT2D eigenvalue weighted by atomic mass is 10.0. The third kappa shape index (κ3) is 7.82. The van der Waals surface area contributed by atoms with Crippen LogP contribution in [-0.2, 0) is 33.8 Å². The van der Waals surface area contributed by atoms with Gasteiger partial charge in [0.25, 0.3) is 22.9 Å². The highest BCUT2D eigenvalue weighted by Gasteiger charge is 2.25. The van der Waals surface area contributed by atoms with Crippen LogP contribution >= 0.6 is 0 Å². The zero-order chi connectivity index (χ0) is 40.2. The Balaban J connectivity index is 1.89. The van der Waals surface area contributed by atoms with Crippen molar-refractivity contribution in [2.75, 3.05) is 6.54 Å². The highest BCUT2D eigenvalue weighted by Crippen LogP contribution is 2.38. The Labute approximate surface area is 309 Å². The maximum atomic E-state index is 13.6. The maximum Gasteiger partial charge on any atom is 0.266 e. The smallest absolute Gasteiger partial charge is 0.266 e. The number of sulfonamides is 1. The minimum Gasteiger partial charge on any atom is -0.493 e. The van der Waals surface area contributed by atoms with Crippen molar-refractivity contribution in [3.05, 3.63) is 79.4 Å². The SMILES string of the molecule is CCCNS(=O)(=O)c1cc(N=Nc2c(C)c(C(N)=O)c(=O)n(CC)c2O)ccc1-c1ccc(N=Nc2c(C)c(C(N)=O)c(=O)n(CC)c2O)cc1[SH](=O)=O. The van der Waals surface area contributed by atoms with E-state index < -0.39 is 71.4 Å². The summed E-state index contributed by atoms with van der Waals surface area (Å²) in [6.45, 7) is 7.46. The molecule has 0 spiro atoms. The molecule has 286 valence electrons. The lowest BCUT2D eigenvalue weighted by Crippen LogP contribution is -2.30. The lowest BCUT2D eigenvalue weighted by molar-refractivity contribution is 0.0989. The third-order valence-corrected chi connectivity index (χ3v) is 10.5. The average Bonchev–Trinajstić information content (AvgIpc) is 3.10. The van der Waals surface area contributed by atoms with E-state index in [1.165, 1.54) is 38.1 Å². The van der Waals surface area contributed by atoms with Crippen LogP contribution in [0.3, 0.4) is 0 Å². The number of azo groups is 2. The summed E-state index contributed by atoms with van der Waals surface area (Å²) in [4.78, 5) is 48.6. The summed E-state index contributed by atoms with van der Waals surface area (Å²) in [5.74, 6) is -3.30. The number of rotatable bonds is 14. The molecule has 0 aliphatic carbocycles.